The zero-order chi connectivity index (χ0) is 18.1. The summed E-state index contributed by atoms with van der Waals surface area (Å²) in [5.74, 6) is 0.817. The predicted molar refractivity (Wildman–Crippen MR) is 102 cm³/mol. The molecule has 2 aliphatic heterocycles. The van der Waals surface area contributed by atoms with Gasteiger partial charge in [0.2, 0.25) is 5.43 Å². The standard InChI is InChI=1S/C22H19NO3/c1-22(2)6-5-14-16(11-22)15-9-13-8-12-4-3-7-25-17(12)10-18(13)26-21(15)20(24)19(14)23/h3-6,9-11H,7-8,23H2,1-2H3. The maximum Gasteiger partial charge on any atom is 0.245 e. The van der Waals surface area contributed by atoms with Gasteiger partial charge in [-0.2, -0.15) is 0 Å². The minimum absolute atomic E-state index is 0.103. The third kappa shape index (κ3) is 2.11. The van der Waals surface area contributed by atoms with Crippen LogP contribution in [0.15, 0.2) is 44.8 Å². The molecule has 26 heavy (non-hydrogen) atoms. The van der Waals surface area contributed by atoms with Crippen LogP contribution in [0, 0.1) is 16.0 Å². The van der Waals surface area contributed by atoms with E-state index in [9.17, 15) is 4.79 Å². The van der Waals surface area contributed by atoms with E-state index in [4.69, 9.17) is 14.9 Å². The number of hydrogen-bond donors (Lipinski definition) is 1. The van der Waals surface area contributed by atoms with Crippen molar-refractivity contribution >= 4 is 23.9 Å². The Morgan fingerprint density at radius 2 is 2.08 bits per heavy atom. The molecule has 0 aromatic heterocycles. The number of hydrogen-bond acceptors (Lipinski definition) is 4. The number of nitrogen functional groups attached to an aromatic ring is 1. The molecule has 4 nitrogen and oxygen atoms in total. The second-order valence-electron chi connectivity index (χ2n) is 7.67. The van der Waals surface area contributed by atoms with Gasteiger partial charge in [0.25, 0.3) is 0 Å². The van der Waals surface area contributed by atoms with Gasteiger partial charge in [0.05, 0.1) is 5.69 Å². The van der Waals surface area contributed by atoms with Crippen molar-refractivity contribution in [1.29, 1.82) is 0 Å². The fourth-order valence-electron chi connectivity index (χ4n) is 3.87. The highest BCUT2D eigenvalue weighted by atomic mass is 16.5. The molecule has 0 amide bonds. The normalized spacial score (nSPS) is 19.2. The molecule has 0 bridgehead atoms. The Kier molecular flexibility index (Phi) is 2.94. The third-order valence-corrected chi connectivity index (χ3v) is 5.22. The van der Waals surface area contributed by atoms with Crippen LogP contribution in [0.25, 0.3) is 18.2 Å². The van der Waals surface area contributed by atoms with Crippen LogP contribution in [-0.2, 0) is 11.2 Å². The average Bonchev–Trinajstić information content (AvgIpc) is 2.62. The van der Waals surface area contributed by atoms with Gasteiger partial charge < -0.3 is 14.9 Å². The van der Waals surface area contributed by atoms with Crippen LogP contribution in [0.4, 0.5) is 5.69 Å². The number of rotatable bonds is 0. The summed E-state index contributed by atoms with van der Waals surface area (Å²) < 4.78 is 11.7. The van der Waals surface area contributed by atoms with Crippen molar-refractivity contribution in [2.24, 2.45) is 5.41 Å². The van der Waals surface area contributed by atoms with E-state index in [1.54, 1.807) is 0 Å². The second kappa shape index (κ2) is 5.01. The molecule has 3 aliphatic carbocycles. The lowest BCUT2D eigenvalue weighted by Crippen LogP contribution is -2.29. The van der Waals surface area contributed by atoms with Crippen LogP contribution in [0.3, 0.4) is 0 Å². The summed E-state index contributed by atoms with van der Waals surface area (Å²) in [6, 6.07) is 2.07. The van der Waals surface area contributed by atoms with E-state index in [-0.39, 0.29) is 16.5 Å². The van der Waals surface area contributed by atoms with Gasteiger partial charge in [-0.3, -0.25) is 4.79 Å². The molecule has 0 aromatic carbocycles. The van der Waals surface area contributed by atoms with Crippen LogP contribution in [0.2, 0.25) is 0 Å². The van der Waals surface area contributed by atoms with Crippen LogP contribution in [0.1, 0.15) is 25.0 Å². The number of ether oxygens (including phenoxy) is 1. The fourth-order valence-corrected chi connectivity index (χ4v) is 3.87. The monoisotopic (exact) mass is 345 g/mol. The van der Waals surface area contributed by atoms with Gasteiger partial charge in [-0.15, -0.1) is 0 Å². The van der Waals surface area contributed by atoms with Crippen LogP contribution < -0.4 is 21.8 Å². The van der Waals surface area contributed by atoms with E-state index in [2.05, 4.69) is 38.1 Å². The van der Waals surface area contributed by atoms with E-state index < -0.39 is 0 Å². The topological polar surface area (TPSA) is 65.5 Å². The molecule has 2 heterocycles. The smallest absolute Gasteiger partial charge is 0.245 e. The van der Waals surface area contributed by atoms with Gasteiger partial charge in [-0.05, 0) is 22.9 Å². The van der Waals surface area contributed by atoms with Crippen molar-refractivity contribution in [3.63, 3.8) is 0 Å². The summed E-state index contributed by atoms with van der Waals surface area (Å²) in [4.78, 5) is 12.8. The molecule has 0 fully saturated rings. The molecular weight excluding hydrogens is 326 g/mol. The third-order valence-electron chi connectivity index (χ3n) is 5.22. The quantitative estimate of drug-likeness (QED) is 0.793. The molecule has 0 spiro atoms. The predicted octanol–water partition coefficient (Wildman–Crippen LogP) is 1.96. The highest BCUT2D eigenvalue weighted by Crippen LogP contribution is 2.26. The second-order valence-corrected chi connectivity index (χ2v) is 7.67. The van der Waals surface area contributed by atoms with E-state index in [0.29, 0.717) is 17.4 Å². The molecule has 130 valence electrons. The minimum atomic E-state index is -0.253. The Morgan fingerprint density at radius 3 is 2.92 bits per heavy atom. The lowest BCUT2D eigenvalue weighted by molar-refractivity contribution is 0.257. The van der Waals surface area contributed by atoms with Crippen molar-refractivity contribution in [3.8, 4) is 0 Å². The first-order valence-electron chi connectivity index (χ1n) is 8.77. The largest absolute Gasteiger partial charge is 0.489 e. The van der Waals surface area contributed by atoms with Gasteiger partial charge in [0, 0.05) is 34.3 Å². The highest BCUT2D eigenvalue weighted by molar-refractivity contribution is 5.70. The highest BCUT2D eigenvalue weighted by Gasteiger charge is 2.21. The average molecular weight is 345 g/mol. The molecule has 4 heteroatoms. The Balaban J connectivity index is 1.93. The number of fused-ring (bicyclic) bond motifs is 3. The number of allylic oxidation sites excluding steroid dienone is 4. The first-order valence-corrected chi connectivity index (χ1v) is 8.77. The van der Waals surface area contributed by atoms with Gasteiger partial charge in [0.15, 0.2) is 5.42 Å². The molecule has 0 saturated heterocycles. The summed E-state index contributed by atoms with van der Waals surface area (Å²) >= 11 is 0. The van der Waals surface area contributed by atoms with Crippen molar-refractivity contribution < 1.29 is 9.15 Å². The Hall–Kier alpha value is -3.01. The van der Waals surface area contributed by atoms with Crippen LogP contribution in [0.5, 0.6) is 0 Å². The number of anilines is 1. The van der Waals surface area contributed by atoms with E-state index in [1.165, 1.54) is 0 Å². The SMILES string of the molecule is CC1(C)C=Cc2c(N)c(=O)c3oc4c(cc=3c2=C1)CC1=C(C=4)OCC=C1. The summed E-state index contributed by atoms with van der Waals surface area (Å²) in [5, 5.41) is 1.81. The molecule has 0 unspecified atom stereocenters. The maximum absolute atomic E-state index is 12.8. The zero-order valence-corrected chi connectivity index (χ0v) is 14.8. The van der Waals surface area contributed by atoms with E-state index in [1.807, 2.05) is 18.2 Å². The van der Waals surface area contributed by atoms with Gasteiger partial charge >= 0.3 is 0 Å². The molecule has 0 radical (unpaired) electrons. The Labute approximate surface area is 149 Å². The Bertz CT molecular complexity index is 1300. The van der Waals surface area contributed by atoms with Gasteiger partial charge in [-0.25, -0.2) is 0 Å². The molecule has 5 rings (SSSR count). The first kappa shape index (κ1) is 15.3. The lowest BCUT2D eigenvalue weighted by Gasteiger charge is -2.21. The number of nitrogens with two attached hydrogens (primary N) is 1. The molecule has 0 aromatic rings. The van der Waals surface area contributed by atoms with Crippen molar-refractivity contribution in [3.05, 3.63) is 78.2 Å². The van der Waals surface area contributed by atoms with Crippen molar-refractivity contribution in [2.45, 2.75) is 20.3 Å². The van der Waals surface area contributed by atoms with Crippen molar-refractivity contribution in [2.75, 3.05) is 12.3 Å². The summed E-state index contributed by atoms with van der Waals surface area (Å²) in [6.07, 6.45) is 12.9. The molecule has 5 aliphatic rings. The van der Waals surface area contributed by atoms with Crippen LogP contribution >= 0.6 is 0 Å². The Morgan fingerprint density at radius 1 is 1.23 bits per heavy atom. The maximum atomic E-state index is 12.8. The first-order chi connectivity index (χ1) is 12.4. The summed E-state index contributed by atoms with van der Waals surface area (Å²) in [5.41, 5.74) is 10.00. The lowest BCUT2D eigenvalue weighted by atomic mass is 9.85. The van der Waals surface area contributed by atoms with E-state index >= 15 is 0 Å². The van der Waals surface area contributed by atoms with Crippen LogP contribution in [-0.4, -0.2) is 6.61 Å². The van der Waals surface area contributed by atoms with Gasteiger partial charge in [-0.1, -0.05) is 38.2 Å². The molecule has 0 atom stereocenters. The van der Waals surface area contributed by atoms with Gasteiger partial charge in [0.1, 0.15) is 17.8 Å². The minimum Gasteiger partial charge on any atom is -0.489 e. The molecule has 0 saturated carbocycles. The van der Waals surface area contributed by atoms with E-state index in [0.717, 1.165) is 39.3 Å². The van der Waals surface area contributed by atoms with Crippen molar-refractivity contribution in [1.82, 2.24) is 0 Å². The fraction of sp³-hybridized carbons (Fsp3) is 0.227. The summed E-state index contributed by atoms with van der Waals surface area (Å²) in [6.45, 7) is 4.82. The molecular formula is C22H19NO3. The zero-order valence-electron chi connectivity index (χ0n) is 14.8. The molecule has 2 N–H and O–H groups in total. The summed E-state index contributed by atoms with van der Waals surface area (Å²) in [7, 11) is 0.